The Balaban J connectivity index is 1.86. The number of nitrogens with one attached hydrogen (secondary N) is 1. The normalized spacial score (nSPS) is 25.3. The Hall–Kier alpha value is -2.78. The van der Waals surface area contributed by atoms with E-state index in [-0.39, 0.29) is 21.9 Å². The van der Waals surface area contributed by atoms with Gasteiger partial charge in [0, 0.05) is 12.8 Å². The fourth-order valence-electron chi connectivity index (χ4n) is 4.13. The minimum absolute atomic E-state index is 0.00347. The fraction of sp³-hybridized carbons (Fsp3) is 0.409. The average Bonchev–Trinajstić information content (AvgIpc) is 3.22. The predicted molar refractivity (Wildman–Crippen MR) is 120 cm³/mol. The van der Waals surface area contributed by atoms with Gasteiger partial charge in [-0.3, -0.25) is 14.9 Å². The number of fused-ring (bicyclic) bond motifs is 1. The van der Waals surface area contributed by atoms with Crippen LogP contribution in [0.15, 0.2) is 29.4 Å². The molecule has 2 aliphatic rings. The number of carbonyl (C=O) groups is 3. The van der Waals surface area contributed by atoms with Gasteiger partial charge in [-0.1, -0.05) is 6.07 Å². The highest BCUT2D eigenvalue weighted by Gasteiger charge is 2.52. The molecule has 0 bridgehead atoms. The summed E-state index contributed by atoms with van der Waals surface area (Å²) in [5, 5.41) is 2.60. The maximum absolute atomic E-state index is 13.5. The first-order valence-electron chi connectivity index (χ1n) is 10.2. The molecular weight excluding hydrogens is 416 g/mol. The molecule has 2 fully saturated rings. The zero-order valence-electron chi connectivity index (χ0n) is 18.0. The highest BCUT2D eigenvalue weighted by molar-refractivity contribution is 8.18. The standard InChI is InChI=1S/C22H24N4O4S/c1-13-6-5-9-26(13,21(29)30-22(2,3)4)18-15-10-14(7-8-16(15)23-12-24-18)11-17-19(27)25-20(28)31-17/h7-8,10-13H,5-6,9H2,1-4H3/p+1/t13-,26?/m1/s1. The molecular formula is C22H25N4O4S+. The van der Waals surface area contributed by atoms with Crippen LogP contribution >= 0.6 is 11.8 Å². The molecule has 2 aliphatic heterocycles. The van der Waals surface area contributed by atoms with Crippen LogP contribution in [0.5, 0.6) is 0 Å². The molecule has 8 nitrogen and oxygen atoms in total. The summed E-state index contributed by atoms with van der Waals surface area (Å²) in [6.07, 6.45) is 4.58. The second kappa shape index (κ2) is 7.72. The van der Waals surface area contributed by atoms with E-state index in [0.717, 1.165) is 35.6 Å². The molecule has 1 unspecified atom stereocenters. The van der Waals surface area contributed by atoms with Gasteiger partial charge in [0.1, 0.15) is 18.0 Å². The van der Waals surface area contributed by atoms with Crippen molar-refractivity contribution in [1.82, 2.24) is 19.8 Å². The number of ether oxygens (including phenoxy) is 1. The molecule has 1 N–H and O–H groups in total. The van der Waals surface area contributed by atoms with Crippen LogP contribution in [-0.2, 0) is 9.53 Å². The summed E-state index contributed by atoms with van der Waals surface area (Å²) in [5.74, 6) is 0.189. The Morgan fingerprint density at radius 1 is 1.29 bits per heavy atom. The highest BCUT2D eigenvalue weighted by atomic mass is 32.2. The Labute approximate surface area is 184 Å². The van der Waals surface area contributed by atoms with Crippen LogP contribution < -0.4 is 9.80 Å². The third-order valence-electron chi connectivity index (χ3n) is 5.56. The van der Waals surface area contributed by atoms with E-state index < -0.39 is 11.5 Å². The molecule has 3 heterocycles. The number of benzene rings is 1. The zero-order valence-corrected chi connectivity index (χ0v) is 18.8. The number of amides is 3. The van der Waals surface area contributed by atoms with Crippen molar-refractivity contribution in [3.8, 4) is 0 Å². The lowest BCUT2D eigenvalue weighted by atomic mass is 10.1. The van der Waals surface area contributed by atoms with Crippen LogP contribution in [0.4, 0.5) is 15.4 Å². The number of imide groups is 1. The molecule has 31 heavy (non-hydrogen) atoms. The Morgan fingerprint density at radius 2 is 2.06 bits per heavy atom. The van der Waals surface area contributed by atoms with Crippen molar-refractivity contribution in [3.63, 3.8) is 0 Å². The Bertz CT molecular complexity index is 1120. The van der Waals surface area contributed by atoms with Crippen molar-refractivity contribution in [3.05, 3.63) is 35.0 Å². The van der Waals surface area contributed by atoms with Gasteiger partial charge in [-0.05, 0) is 63.2 Å². The lowest BCUT2D eigenvalue weighted by molar-refractivity contribution is -0.115. The smallest absolute Gasteiger partial charge is 0.414 e. The Kier molecular flexibility index (Phi) is 5.35. The predicted octanol–water partition coefficient (Wildman–Crippen LogP) is 4.38. The number of hydrogen-bond acceptors (Lipinski definition) is 7. The van der Waals surface area contributed by atoms with Crippen molar-refractivity contribution < 1.29 is 19.1 Å². The second-order valence-corrected chi connectivity index (χ2v) is 9.90. The molecule has 1 aromatic carbocycles. The summed E-state index contributed by atoms with van der Waals surface area (Å²) in [7, 11) is 0. The number of quaternary nitrogens is 1. The lowest BCUT2D eigenvalue weighted by Gasteiger charge is -2.35. The van der Waals surface area contributed by atoms with E-state index in [1.54, 1.807) is 6.08 Å². The molecule has 2 aromatic rings. The maximum Gasteiger partial charge on any atom is 0.523 e. The number of carbonyl (C=O) groups excluding carboxylic acids is 3. The number of likely N-dealkylation sites (tertiary alicyclic amines) is 1. The molecule has 2 atom stereocenters. The molecule has 9 heteroatoms. The van der Waals surface area contributed by atoms with E-state index in [9.17, 15) is 14.4 Å². The van der Waals surface area contributed by atoms with Crippen LogP contribution in [0.25, 0.3) is 17.0 Å². The van der Waals surface area contributed by atoms with E-state index in [4.69, 9.17) is 4.74 Å². The van der Waals surface area contributed by atoms with Crippen LogP contribution in [0.2, 0.25) is 0 Å². The van der Waals surface area contributed by atoms with Crippen LogP contribution in [0, 0.1) is 0 Å². The molecule has 2 saturated heterocycles. The highest BCUT2D eigenvalue weighted by Crippen LogP contribution is 2.39. The first-order chi connectivity index (χ1) is 14.6. The minimum atomic E-state index is -0.622. The molecule has 0 radical (unpaired) electrons. The second-order valence-electron chi connectivity index (χ2n) is 8.89. The summed E-state index contributed by atoms with van der Waals surface area (Å²) in [5.41, 5.74) is 0.805. The van der Waals surface area contributed by atoms with E-state index in [2.05, 4.69) is 15.3 Å². The van der Waals surface area contributed by atoms with Crippen LogP contribution in [0.1, 0.15) is 46.1 Å². The Morgan fingerprint density at radius 3 is 2.68 bits per heavy atom. The minimum Gasteiger partial charge on any atom is -0.414 e. The van der Waals surface area contributed by atoms with Crippen molar-refractivity contribution in [2.75, 3.05) is 6.54 Å². The van der Waals surface area contributed by atoms with Crippen molar-refractivity contribution in [2.45, 2.75) is 52.2 Å². The van der Waals surface area contributed by atoms with Crippen molar-refractivity contribution in [2.24, 2.45) is 0 Å². The summed E-state index contributed by atoms with van der Waals surface area (Å²) in [6, 6.07) is 5.53. The third-order valence-corrected chi connectivity index (χ3v) is 6.37. The molecule has 162 valence electrons. The largest absolute Gasteiger partial charge is 0.523 e. The van der Waals surface area contributed by atoms with Gasteiger partial charge < -0.3 is 4.74 Å². The SMILES string of the molecule is C[C@@H]1CCC[N+]1(C(=O)OC(C)(C)C)c1ncnc2ccc(C=C3SC(=O)NC3=O)cc12. The molecule has 0 aliphatic carbocycles. The first kappa shape index (κ1) is 21.5. The van der Waals surface area contributed by atoms with Crippen LogP contribution in [0.3, 0.4) is 0 Å². The number of thioether (sulfide) groups is 1. The molecule has 0 saturated carbocycles. The third kappa shape index (κ3) is 3.95. The van der Waals surface area contributed by atoms with Gasteiger partial charge in [-0.25, -0.2) is 4.98 Å². The van der Waals surface area contributed by atoms with Crippen molar-refractivity contribution >= 4 is 51.8 Å². The van der Waals surface area contributed by atoms with Gasteiger partial charge in [0.05, 0.1) is 22.4 Å². The number of aromatic nitrogens is 2. The van der Waals surface area contributed by atoms with Gasteiger partial charge in [0.15, 0.2) is 0 Å². The fourth-order valence-corrected chi connectivity index (χ4v) is 4.82. The lowest BCUT2D eigenvalue weighted by Crippen LogP contribution is -2.58. The van der Waals surface area contributed by atoms with E-state index >= 15 is 0 Å². The van der Waals surface area contributed by atoms with E-state index in [1.807, 2.05) is 45.9 Å². The molecule has 1 aromatic heterocycles. The van der Waals surface area contributed by atoms with Gasteiger partial charge in [-0.2, -0.15) is 14.3 Å². The van der Waals surface area contributed by atoms with E-state index in [0.29, 0.717) is 22.8 Å². The van der Waals surface area contributed by atoms with E-state index in [1.165, 1.54) is 6.33 Å². The van der Waals surface area contributed by atoms with Crippen molar-refractivity contribution in [1.29, 1.82) is 0 Å². The summed E-state index contributed by atoms with van der Waals surface area (Å²) in [6.45, 7) is 8.21. The summed E-state index contributed by atoms with van der Waals surface area (Å²) >= 11 is 0.867. The topological polar surface area (TPSA) is 98.2 Å². The quantitative estimate of drug-likeness (QED) is 0.545. The average molecular weight is 442 g/mol. The van der Waals surface area contributed by atoms with Gasteiger partial charge in [0.2, 0.25) is 5.82 Å². The van der Waals surface area contributed by atoms with Gasteiger partial charge in [0.25, 0.3) is 11.1 Å². The monoisotopic (exact) mass is 441 g/mol. The summed E-state index contributed by atoms with van der Waals surface area (Å²) in [4.78, 5) is 46.1. The molecule has 3 amide bonds. The maximum atomic E-state index is 13.5. The first-order valence-corrected chi connectivity index (χ1v) is 11.0. The van der Waals surface area contributed by atoms with Crippen LogP contribution in [-0.4, -0.2) is 45.4 Å². The van der Waals surface area contributed by atoms with Gasteiger partial charge in [-0.15, -0.1) is 0 Å². The molecule has 0 spiro atoms. The number of nitrogens with zero attached hydrogens (tertiary/aromatic N) is 3. The zero-order chi connectivity index (χ0) is 22.4. The molecule has 4 rings (SSSR count). The number of hydrogen-bond donors (Lipinski definition) is 1. The number of rotatable bonds is 2. The summed E-state index contributed by atoms with van der Waals surface area (Å²) < 4.78 is 5.83. The van der Waals surface area contributed by atoms with Gasteiger partial charge >= 0.3 is 6.09 Å².